The van der Waals surface area contributed by atoms with E-state index in [1.165, 1.54) is 23.3 Å². The second kappa shape index (κ2) is 6.49. The van der Waals surface area contributed by atoms with Crippen LogP contribution < -0.4 is 5.01 Å². The minimum atomic E-state index is -0.612. The first-order valence-electron chi connectivity index (χ1n) is 7.51. The van der Waals surface area contributed by atoms with Crippen molar-refractivity contribution in [1.29, 1.82) is 5.41 Å². The first-order chi connectivity index (χ1) is 11.8. The minimum absolute atomic E-state index is 0.180. The number of hydrogen-bond acceptors (Lipinski definition) is 6. The van der Waals surface area contributed by atoms with E-state index >= 15 is 0 Å². The Kier molecular flexibility index (Phi) is 4.53. The Balaban J connectivity index is 1.98. The van der Waals surface area contributed by atoms with Crippen molar-refractivity contribution in [2.24, 2.45) is 5.41 Å². The largest absolute Gasteiger partial charge is 0.286 e. The van der Waals surface area contributed by atoms with Crippen LogP contribution in [0.25, 0.3) is 0 Å². The number of aromatic nitrogens is 1. The smallest absolute Gasteiger partial charge is 0.203 e. The topological polar surface area (TPSA) is 89.6 Å². The van der Waals surface area contributed by atoms with Crippen LogP contribution in [0.15, 0.2) is 36.5 Å². The molecule has 1 aliphatic heterocycles. The molecule has 2 aromatic rings. The van der Waals surface area contributed by atoms with E-state index in [0.29, 0.717) is 15.9 Å². The number of thiazole rings is 1. The summed E-state index contributed by atoms with van der Waals surface area (Å²) < 4.78 is 0.311. The van der Waals surface area contributed by atoms with Crippen LogP contribution in [0.1, 0.15) is 12.5 Å². The van der Waals surface area contributed by atoms with E-state index < -0.39 is 10.4 Å². The number of nitrogens with one attached hydrogen (secondary N) is 1. The van der Waals surface area contributed by atoms with Gasteiger partial charge in [0.15, 0.2) is 4.47 Å². The first-order valence-corrected chi connectivity index (χ1v) is 8.71. The highest BCUT2D eigenvalue weighted by Gasteiger charge is 2.48. The van der Waals surface area contributed by atoms with Gasteiger partial charge in [0, 0.05) is 7.05 Å². The number of halogens is 1. The van der Waals surface area contributed by atoms with E-state index in [9.17, 15) is 10.1 Å². The molecule has 1 N–H and O–H groups in total. The molecule has 1 unspecified atom stereocenters. The Morgan fingerprint density at radius 2 is 2.12 bits per heavy atom. The Morgan fingerprint density at radius 3 is 2.68 bits per heavy atom. The number of nitrogens with zero attached hydrogens (tertiary/aromatic N) is 5. The summed E-state index contributed by atoms with van der Waals surface area (Å²) in [6, 6.07) is 9.81. The number of hydrazine groups is 3. The van der Waals surface area contributed by atoms with Crippen LogP contribution in [0.5, 0.6) is 0 Å². The molecular formula is C15H17ClN6O2S. The maximum absolute atomic E-state index is 11.6. The molecule has 0 radical (unpaired) electrons. The van der Waals surface area contributed by atoms with Crippen LogP contribution in [0.2, 0.25) is 4.47 Å². The van der Waals surface area contributed by atoms with Crippen LogP contribution in [0.3, 0.4) is 0 Å². The van der Waals surface area contributed by atoms with Crippen molar-refractivity contribution in [1.82, 2.24) is 15.2 Å². The molecular weight excluding hydrogens is 364 g/mol. The standard InChI is InChI=1S/C15H17ClN6O2S/c1-15(8-11-6-4-3-5-7-11)10-20(12-9-18-14(16)25-12)21(22(23)24)19(2)13(15)17/h3-7,9,17H,8,10H2,1-2H3. The highest BCUT2D eigenvalue weighted by molar-refractivity contribution is 7.19. The van der Waals surface area contributed by atoms with Crippen molar-refractivity contribution < 1.29 is 5.03 Å². The van der Waals surface area contributed by atoms with Gasteiger partial charge in [-0.25, -0.2) is 20.1 Å². The third kappa shape index (κ3) is 3.24. The second-order valence-corrected chi connectivity index (χ2v) is 7.70. The molecule has 0 bridgehead atoms. The van der Waals surface area contributed by atoms with Gasteiger partial charge in [-0.2, -0.15) is 5.01 Å². The lowest BCUT2D eigenvalue weighted by Crippen LogP contribution is -2.67. The molecule has 0 saturated carbocycles. The van der Waals surface area contributed by atoms with Gasteiger partial charge in [-0.15, -0.1) is 0 Å². The van der Waals surface area contributed by atoms with Crippen molar-refractivity contribution in [2.75, 3.05) is 18.6 Å². The van der Waals surface area contributed by atoms with E-state index in [2.05, 4.69) is 4.98 Å². The summed E-state index contributed by atoms with van der Waals surface area (Å²) in [5, 5.41) is 23.7. The van der Waals surface area contributed by atoms with Gasteiger partial charge in [0.25, 0.3) is 0 Å². The second-order valence-electron chi connectivity index (χ2n) is 6.11. The Labute approximate surface area is 153 Å². The fourth-order valence-electron chi connectivity index (χ4n) is 3.02. The molecule has 0 aliphatic carbocycles. The highest BCUT2D eigenvalue weighted by Crippen LogP contribution is 2.37. The number of rotatable bonds is 4. The van der Waals surface area contributed by atoms with Gasteiger partial charge < -0.3 is 0 Å². The van der Waals surface area contributed by atoms with Gasteiger partial charge in [-0.05, 0) is 12.0 Å². The van der Waals surface area contributed by atoms with Crippen LogP contribution in [0, 0.1) is 20.9 Å². The minimum Gasteiger partial charge on any atom is -0.286 e. The zero-order valence-corrected chi connectivity index (χ0v) is 15.3. The van der Waals surface area contributed by atoms with Crippen molar-refractivity contribution >= 4 is 33.8 Å². The summed E-state index contributed by atoms with van der Waals surface area (Å²) in [5.41, 5.74) is 0.457. The number of nitro groups is 1. The molecule has 0 amide bonds. The molecule has 0 spiro atoms. The summed E-state index contributed by atoms with van der Waals surface area (Å²) in [6.45, 7) is 2.20. The van der Waals surface area contributed by atoms with E-state index in [1.807, 2.05) is 37.3 Å². The Morgan fingerprint density at radius 1 is 1.44 bits per heavy atom. The van der Waals surface area contributed by atoms with Gasteiger partial charge in [-0.3, -0.25) is 5.41 Å². The Bertz CT molecular complexity index is 800. The van der Waals surface area contributed by atoms with Crippen LogP contribution in [-0.4, -0.2) is 39.7 Å². The molecule has 1 aliphatic rings. The summed E-state index contributed by atoms with van der Waals surface area (Å²) >= 11 is 7.07. The lowest BCUT2D eigenvalue weighted by Gasteiger charge is -2.47. The average Bonchev–Trinajstić information content (AvgIpc) is 2.99. The fourth-order valence-corrected chi connectivity index (χ4v) is 3.94. The summed E-state index contributed by atoms with van der Waals surface area (Å²) in [5.74, 6) is 0.180. The molecule has 132 valence electrons. The molecule has 1 fully saturated rings. The van der Waals surface area contributed by atoms with Gasteiger partial charge in [0.2, 0.25) is 5.03 Å². The molecule has 10 heteroatoms. The fraction of sp³-hybridized carbons (Fsp3) is 0.333. The van der Waals surface area contributed by atoms with Gasteiger partial charge in [-0.1, -0.05) is 60.2 Å². The molecule has 25 heavy (non-hydrogen) atoms. The van der Waals surface area contributed by atoms with Gasteiger partial charge in [0.05, 0.1) is 23.4 Å². The van der Waals surface area contributed by atoms with Crippen molar-refractivity contribution in [3.63, 3.8) is 0 Å². The van der Waals surface area contributed by atoms with E-state index in [1.54, 1.807) is 0 Å². The number of benzene rings is 1. The SMILES string of the molecule is CN1C(=N)C(C)(Cc2ccccc2)CN(c2cnc(Cl)s2)N1[N+](=O)[O-]. The highest BCUT2D eigenvalue weighted by atomic mass is 35.5. The maximum Gasteiger partial charge on any atom is 0.203 e. The van der Waals surface area contributed by atoms with E-state index in [4.69, 9.17) is 17.0 Å². The summed E-state index contributed by atoms with van der Waals surface area (Å²) in [6.07, 6.45) is 2.10. The van der Waals surface area contributed by atoms with Crippen molar-refractivity contribution in [3.8, 4) is 0 Å². The number of amidine groups is 1. The lowest BCUT2D eigenvalue weighted by molar-refractivity contribution is -0.696. The van der Waals surface area contributed by atoms with Crippen LogP contribution in [-0.2, 0) is 6.42 Å². The zero-order valence-electron chi connectivity index (χ0n) is 13.7. The third-order valence-electron chi connectivity index (χ3n) is 4.18. The zero-order chi connectivity index (χ0) is 18.2. The third-order valence-corrected chi connectivity index (χ3v) is 5.31. The van der Waals surface area contributed by atoms with Crippen LogP contribution in [0.4, 0.5) is 5.00 Å². The molecule has 1 aromatic heterocycles. The number of hydrogen-bond donors (Lipinski definition) is 1. The molecule has 1 saturated heterocycles. The van der Waals surface area contributed by atoms with Crippen LogP contribution >= 0.6 is 22.9 Å². The predicted octanol–water partition coefficient (Wildman–Crippen LogP) is 3.10. The quantitative estimate of drug-likeness (QED) is 0.647. The molecule has 1 aromatic carbocycles. The predicted molar refractivity (Wildman–Crippen MR) is 97.0 cm³/mol. The van der Waals surface area contributed by atoms with Gasteiger partial charge >= 0.3 is 0 Å². The summed E-state index contributed by atoms with van der Waals surface area (Å²) in [4.78, 5) is 15.6. The summed E-state index contributed by atoms with van der Waals surface area (Å²) in [7, 11) is 1.52. The van der Waals surface area contributed by atoms with E-state index in [-0.39, 0.29) is 12.4 Å². The number of anilines is 1. The lowest BCUT2D eigenvalue weighted by atomic mass is 9.81. The first kappa shape index (κ1) is 17.4. The maximum atomic E-state index is 11.6. The Hall–Kier alpha value is -2.39. The van der Waals surface area contributed by atoms with Crippen molar-refractivity contribution in [2.45, 2.75) is 13.3 Å². The molecule has 2 heterocycles. The van der Waals surface area contributed by atoms with Crippen molar-refractivity contribution in [3.05, 3.63) is 56.7 Å². The molecule has 1 atom stereocenters. The molecule has 8 nitrogen and oxygen atoms in total. The monoisotopic (exact) mass is 380 g/mol. The molecule has 3 rings (SSSR count). The normalized spacial score (nSPS) is 20.9. The average molecular weight is 381 g/mol. The van der Waals surface area contributed by atoms with Gasteiger partial charge in [0.1, 0.15) is 10.8 Å². The van der Waals surface area contributed by atoms with E-state index in [0.717, 1.165) is 22.1 Å².